The van der Waals surface area contributed by atoms with Crippen LogP contribution in [0.3, 0.4) is 0 Å². The maximum absolute atomic E-state index is 5.97. The summed E-state index contributed by atoms with van der Waals surface area (Å²) in [6, 6.07) is 7.94. The molecule has 0 unspecified atom stereocenters. The van der Waals surface area contributed by atoms with Gasteiger partial charge in [0, 0.05) is 11.0 Å². The molecule has 0 saturated heterocycles. The standard InChI is InChI=1S/C18H24O2S2/c1-3-4-5-6-7-8-11-19-17-13-18(21)20-16-10-9-14(22-2)12-15(16)17/h9-10,12-13H,3-8,11H2,1-2H3. The molecule has 1 aromatic carbocycles. The van der Waals surface area contributed by atoms with E-state index in [1.165, 1.54) is 37.0 Å². The van der Waals surface area contributed by atoms with Gasteiger partial charge < -0.3 is 9.15 Å². The molecule has 0 fully saturated rings. The van der Waals surface area contributed by atoms with E-state index < -0.39 is 0 Å². The van der Waals surface area contributed by atoms with Gasteiger partial charge in [-0.15, -0.1) is 11.8 Å². The normalized spacial score (nSPS) is 11.0. The van der Waals surface area contributed by atoms with Gasteiger partial charge in [0.05, 0.1) is 12.0 Å². The van der Waals surface area contributed by atoms with Gasteiger partial charge in [0.15, 0.2) is 4.71 Å². The Morgan fingerprint density at radius 3 is 2.64 bits per heavy atom. The highest BCUT2D eigenvalue weighted by atomic mass is 32.2. The first-order chi connectivity index (χ1) is 10.7. The number of hydrogen-bond donors (Lipinski definition) is 0. The number of unbranched alkanes of at least 4 members (excludes halogenated alkanes) is 5. The number of fused-ring (bicyclic) bond motifs is 1. The molecule has 4 heteroatoms. The van der Waals surface area contributed by atoms with Crippen molar-refractivity contribution in [2.45, 2.75) is 50.3 Å². The van der Waals surface area contributed by atoms with Crippen LogP contribution in [0.15, 0.2) is 33.6 Å². The molecule has 1 aromatic heterocycles. The van der Waals surface area contributed by atoms with E-state index in [4.69, 9.17) is 21.4 Å². The predicted octanol–water partition coefficient (Wildman–Crippen LogP) is 6.62. The SMILES string of the molecule is CCCCCCCCOc1cc(=S)oc2ccc(SC)cc12. The molecule has 0 saturated carbocycles. The average molecular weight is 337 g/mol. The Labute approximate surface area is 142 Å². The Kier molecular flexibility index (Phi) is 7.26. The first kappa shape index (κ1) is 17.4. The second kappa shape index (κ2) is 9.21. The van der Waals surface area contributed by atoms with Crippen LogP contribution in [0.5, 0.6) is 5.75 Å². The van der Waals surface area contributed by atoms with Crippen LogP contribution >= 0.6 is 24.0 Å². The largest absolute Gasteiger partial charge is 0.493 e. The van der Waals surface area contributed by atoms with E-state index in [0.29, 0.717) is 4.71 Å². The first-order valence-corrected chi connectivity index (χ1v) is 9.62. The van der Waals surface area contributed by atoms with Gasteiger partial charge in [-0.25, -0.2) is 0 Å². The molecular formula is C18H24O2S2. The zero-order chi connectivity index (χ0) is 15.8. The van der Waals surface area contributed by atoms with E-state index in [1.54, 1.807) is 11.8 Å². The maximum Gasteiger partial charge on any atom is 0.194 e. The van der Waals surface area contributed by atoms with Crippen LogP contribution in [0.4, 0.5) is 0 Å². The van der Waals surface area contributed by atoms with E-state index in [-0.39, 0.29) is 0 Å². The molecule has 0 bridgehead atoms. The van der Waals surface area contributed by atoms with Crippen LogP contribution < -0.4 is 4.74 Å². The molecule has 0 atom stereocenters. The summed E-state index contributed by atoms with van der Waals surface area (Å²) in [5.41, 5.74) is 0.795. The topological polar surface area (TPSA) is 22.4 Å². The molecule has 0 aliphatic heterocycles. The molecule has 2 nitrogen and oxygen atoms in total. The molecule has 0 amide bonds. The van der Waals surface area contributed by atoms with Gasteiger partial charge >= 0.3 is 0 Å². The molecule has 22 heavy (non-hydrogen) atoms. The number of benzene rings is 1. The van der Waals surface area contributed by atoms with Crippen molar-refractivity contribution in [3.8, 4) is 5.75 Å². The fraction of sp³-hybridized carbons (Fsp3) is 0.500. The molecule has 0 aliphatic rings. The van der Waals surface area contributed by atoms with Crippen molar-refractivity contribution >= 4 is 34.9 Å². The highest BCUT2D eigenvalue weighted by Crippen LogP contribution is 2.30. The van der Waals surface area contributed by atoms with Crippen molar-refractivity contribution in [3.05, 3.63) is 29.0 Å². The summed E-state index contributed by atoms with van der Waals surface area (Å²) in [6.07, 6.45) is 9.63. The van der Waals surface area contributed by atoms with Gasteiger partial charge in [-0.2, -0.15) is 0 Å². The molecule has 0 spiro atoms. The maximum atomic E-state index is 5.97. The molecule has 1 heterocycles. The minimum absolute atomic E-state index is 0.474. The van der Waals surface area contributed by atoms with Crippen LogP contribution in [0.2, 0.25) is 0 Å². The van der Waals surface area contributed by atoms with E-state index in [1.807, 2.05) is 18.2 Å². The zero-order valence-corrected chi connectivity index (χ0v) is 15.0. The Morgan fingerprint density at radius 1 is 1.09 bits per heavy atom. The lowest BCUT2D eigenvalue weighted by atomic mass is 10.1. The minimum Gasteiger partial charge on any atom is -0.493 e. The van der Waals surface area contributed by atoms with Crippen molar-refractivity contribution in [2.24, 2.45) is 0 Å². The minimum atomic E-state index is 0.474. The lowest BCUT2D eigenvalue weighted by Crippen LogP contribution is -1.98. The van der Waals surface area contributed by atoms with Gasteiger partial charge in [0.1, 0.15) is 11.3 Å². The first-order valence-electron chi connectivity index (χ1n) is 7.99. The zero-order valence-electron chi connectivity index (χ0n) is 13.4. The summed E-state index contributed by atoms with van der Waals surface area (Å²) in [6.45, 7) is 2.98. The summed E-state index contributed by atoms with van der Waals surface area (Å²) in [5.74, 6) is 0.843. The third-order valence-electron chi connectivity index (χ3n) is 3.67. The summed E-state index contributed by atoms with van der Waals surface area (Å²) in [7, 11) is 0. The third kappa shape index (κ3) is 5.03. The number of hydrogen-bond acceptors (Lipinski definition) is 4. The predicted molar refractivity (Wildman–Crippen MR) is 97.7 cm³/mol. The van der Waals surface area contributed by atoms with Gasteiger partial charge in [-0.1, -0.05) is 39.0 Å². The Balaban J connectivity index is 1.99. The lowest BCUT2D eigenvalue weighted by Gasteiger charge is -2.09. The number of rotatable bonds is 9. The Hall–Kier alpha value is -1.00. The van der Waals surface area contributed by atoms with Crippen molar-refractivity contribution in [1.82, 2.24) is 0 Å². The van der Waals surface area contributed by atoms with Crippen molar-refractivity contribution < 1.29 is 9.15 Å². The quantitative estimate of drug-likeness (QED) is 0.291. The summed E-state index contributed by atoms with van der Waals surface area (Å²) in [5, 5.41) is 1.01. The molecule has 2 aromatic rings. The van der Waals surface area contributed by atoms with Gasteiger partial charge in [0.25, 0.3) is 0 Å². The average Bonchev–Trinajstić information content (AvgIpc) is 2.53. The van der Waals surface area contributed by atoms with Crippen LogP contribution in [-0.4, -0.2) is 12.9 Å². The number of thioether (sulfide) groups is 1. The molecule has 120 valence electrons. The molecular weight excluding hydrogens is 312 g/mol. The van der Waals surface area contributed by atoms with Crippen molar-refractivity contribution in [1.29, 1.82) is 0 Å². The molecule has 2 rings (SSSR count). The summed E-state index contributed by atoms with van der Waals surface area (Å²) in [4.78, 5) is 1.20. The fourth-order valence-electron chi connectivity index (χ4n) is 2.42. The van der Waals surface area contributed by atoms with E-state index in [2.05, 4.69) is 19.2 Å². The van der Waals surface area contributed by atoms with Crippen LogP contribution in [0.25, 0.3) is 11.0 Å². The summed E-state index contributed by atoms with van der Waals surface area (Å²) >= 11 is 6.90. The smallest absolute Gasteiger partial charge is 0.194 e. The van der Waals surface area contributed by atoms with E-state index in [0.717, 1.165) is 29.7 Å². The monoisotopic (exact) mass is 336 g/mol. The highest BCUT2D eigenvalue weighted by molar-refractivity contribution is 7.98. The molecule has 0 aliphatic carbocycles. The molecule has 0 N–H and O–H groups in total. The fourth-order valence-corrected chi connectivity index (χ4v) is 3.06. The number of ether oxygens (including phenoxy) is 1. The van der Waals surface area contributed by atoms with Crippen LogP contribution in [0, 0.1) is 4.71 Å². The Bertz CT molecular complexity index is 649. The third-order valence-corrected chi connectivity index (χ3v) is 4.59. The van der Waals surface area contributed by atoms with Gasteiger partial charge in [-0.3, -0.25) is 0 Å². The van der Waals surface area contributed by atoms with Gasteiger partial charge in [0.2, 0.25) is 0 Å². The van der Waals surface area contributed by atoms with E-state index in [9.17, 15) is 0 Å². The Morgan fingerprint density at radius 2 is 1.86 bits per heavy atom. The second-order valence-electron chi connectivity index (χ2n) is 5.41. The van der Waals surface area contributed by atoms with E-state index >= 15 is 0 Å². The molecule has 0 radical (unpaired) electrons. The van der Waals surface area contributed by atoms with Crippen LogP contribution in [0.1, 0.15) is 45.4 Å². The van der Waals surface area contributed by atoms with Crippen molar-refractivity contribution in [2.75, 3.05) is 12.9 Å². The second-order valence-corrected chi connectivity index (χ2v) is 6.69. The van der Waals surface area contributed by atoms with Gasteiger partial charge in [-0.05, 0) is 43.1 Å². The van der Waals surface area contributed by atoms with Crippen molar-refractivity contribution in [3.63, 3.8) is 0 Å². The highest BCUT2D eigenvalue weighted by Gasteiger charge is 2.06. The lowest BCUT2D eigenvalue weighted by molar-refractivity contribution is 0.306. The van der Waals surface area contributed by atoms with Crippen LogP contribution in [-0.2, 0) is 0 Å². The summed E-state index contributed by atoms with van der Waals surface area (Å²) < 4.78 is 12.0.